The van der Waals surface area contributed by atoms with E-state index in [0.717, 1.165) is 38.9 Å². The van der Waals surface area contributed by atoms with Crippen molar-refractivity contribution in [3.05, 3.63) is 35.4 Å². The van der Waals surface area contributed by atoms with Crippen LogP contribution in [-0.4, -0.2) is 25.5 Å². The van der Waals surface area contributed by atoms with Crippen LogP contribution in [0.2, 0.25) is 0 Å². The second kappa shape index (κ2) is 5.13. The van der Waals surface area contributed by atoms with Crippen molar-refractivity contribution in [1.29, 1.82) is 0 Å². The van der Waals surface area contributed by atoms with E-state index in [2.05, 4.69) is 34.9 Å². The van der Waals surface area contributed by atoms with Gasteiger partial charge in [-0.3, -0.25) is 4.79 Å². The number of amides is 1. The predicted octanol–water partition coefficient (Wildman–Crippen LogP) is 2.01. The van der Waals surface area contributed by atoms with Crippen LogP contribution in [0.4, 0.5) is 0 Å². The van der Waals surface area contributed by atoms with Crippen molar-refractivity contribution in [1.82, 2.24) is 10.6 Å². The number of piperidine rings is 1. The van der Waals surface area contributed by atoms with E-state index in [4.69, 9.17) is 0 Å². The predicted molar refractivity (Wildman–Crippen MR) is 83.2 cm³/mol. The van der Waals surface area contributed by atoms with Crippen LogP contribution in [0.15, 0.2) is 24.3 Å². The second-order valence-corrected chi connectivity index (χ2v) is 7.03. The molecule has 1 amide bonds. The summed E-state index contributed by atoms with van der Waals surface area (Å²) in [7, 11) is 0. The molecule has 0 radical (unpaired) electrons. The molecule has 2 N–H and O–H groups in total. The van der Waals surface area contributed by atoms with Gasteiger partial charge >= 0.3 is 0 Å². The molecule has 1 saturated carbocycles. The molecule has 1 aromatic rings. The van der Waals surface area contributed by atoms with Crippen molar-refractivity contribution >= 4 is 5.91 Å². The largest absolute Gasteiger partial charge is 0.356 e. The molecule has 1 spiro atoms. The minimum absolute atomic E-state index is 0.186. The number of aryl methyl sites for hydroxylation is 1. The average molecular weight is 284 g/mol. The first-order chi connectivity index (χ1) is 10.3. The van der Waals surface area contributed by atoms with Crippen molar-refractivity contribution in [3.63, 3.8) is 0 Å². The van der Waals surface area contributed by atoms with Crippen LogP contribution in [0.25, 0.3) is 0 Å². The van der Waals surface area contributed by atoms with Crippen LogP contribution >= 0.6 is 0 Å². The first kappa shape index (κ1) is 13.3. The summed E-state index contributed by atoms with van der Waals surface area (Å²) in [6.07, 6.45) is 5.84. The van der Waals surface area contributed by atoms with E-state index in [0.29, 0.717) is 5.92 Å². The van der Waals surface area contributed by atoms with E-state index in [-0.39, 0.29) is 17.2 Å². The van der Waals surface area contributed by atoms with Crippen molar-refractivity contribution in [2.24, 2.45) is 11.8 Å². The maximum absolute atomic E-state index is 12.5. The molecule has 4 rings (SSSR count). The fraction of sp³-hybridized carbons (Fsp3) is 0.611. The lowest BCUT2D eigenvalue weighted by Gasteiger charge is -2.23. The normalized spacial score (nSPS) is 33.7. The maximum Gasteiger partial charge on any atom is 0.224 e. The molecule has 2 fully saturated rings. The molecule has 1 heterocycles. The van der Waals surface area contributed by atoms with Gasteiger partial charge in [0, 0.05) is 17.9 Å². The third-order valence-electron chi connectivity index (χ3n) is 5.75. The second-order valence-electron chi connectivity index (χ2n) is 7.03. The molecule has 3 atom stereocenters. The highest BCUT2D eigenvalue weighted by Crippen LogP contribution is 2.61. The SMILES string of the molecule is O=C(NCC1CCCNC1)C1CC12CCc1ccccc12. The van der Waals surface area contributed by atoms with E-state index in [1.165, 1.54) is 24.0 Å². The fourth-order valence-corrected chi connectivity index (χ4v) is 4.41. The van der Waals surface area contributed by atoms with Crippen LogP contribution in [-0.2, 0) is 16.6 Å². The lowest BCUT2D eigenvalue weighted by atomic mass is 9.95. The third kappa shape index (κ3) is 2.28. The Hall–Kier alpha value is -1.35. The van der Waals surface area contributed by atoms with E-state index in [9.17, 15) is 4.79 Å². The van der Waals surface area contributed by atoms with Crippen molar-refractivity contribution in [2.75, 3.05) is 19.6 Å². The molecule has 112 valence electrons. The molecule has 0 bridgehead atoms. The molecule has 1 aromatic carbocycles. The minimum atomic E-state index is 0.186. The molecule has 3 heteroatoms. The molecular formula is C18H24N2O. The van der Waals surface area contributed by atoms with Crippen LogP contribution in [0.5, 0.6) is 0 Å². The van der Waals surface area contributed by atoms with Gasteiger partial charge in [-0.05, 0) is 62.2 Å². The minimum Gasteiger partial charge on any atom is -0.356 e. The molecule has 0 aromatic heterocycles. The summed E-state index contributed by atoms with van der Waals surface area (Å²) in [4.78, 5) is 12.5. The molecule has 1 aliphatic heterocycles. The number of hydrogen-bond donors (Lipinski definition) is 2. The summed E-state index contributed by atoms with van der Waals surface area (Å²) in [5.74, 6) is 1.13. The Kier molecular flexibility index (Phi) is 3.26. The summed E-state index contributed by atoms with van der Waals surface area (Å²) in [5.41, 5.74) is 3.10. The Morgan fingerprint density at radius 1 is 1.38 bits per heavy atom. The molecular weight excluding hydrogens is 260 g/mol. The van der Waals surface area contributed by atoms with Crippen LogP contribution in [0.1, 0.15) is 36.8 Å². The van der Waals surface area contributed by atoms with Crippen molar-refractivity contribution < 1.29 is 4.79 Å². The van der Waals surface area contributed by atoms with Gasteiger partial charge in [0.25, 0.3) is 0 Å². The zero-order valence-electron chi connectivity index (χ0n) is 12.5. The Morgan fingerprint density at radius 3 is 3.14 bits per heavy atom. The van der Waals surface area contributed by atoms with Gasteiger partial charge in [0.2, 0.25) is 5.91 Å². The first-order valence-corrected chi connectivity index (χ1v) is 8.36. The number of fused-ring (bicyclic) bond motifs is 2. The zero-order chi connectivity index (χ0) is 14.3. The Labute approximate surface area is 126 Å². The van der Waals surface area contributed by atoms with E-state index in [1.807, 2.05) is 0 Å². The van der Waals surface area contributed by atoms with Gasteiger partial charge in [0.15, 0.2) is 0 Å². The van der Waals surface area contributed by atoms with Gasteiger partial charge in [0.1, 0.15) is 0 Å². The average Bonchev–Trinajstić information content (AvgIpc) is 3.16. The number of rotatable bonds is 3. The van der Waals surface area contributed by atoms with Gasteiger partial charge in [-0.1, -0.05) is 24.3 Å². The van der Waals surface area contributed by atoms with E-state index in [1.54, 1.807) is 0 Å². The summed E-state index contributed by atoms with van der Waals surface area (Å²) in [6, 6.07) is 8.70. The van der Waals surface area contributed by atoms with Crippen molar-refractivity contribution in [2.45, 2.75) is 37.5 Å². The monoisotopic (exact) mass is 284 g/mol. The molecule has 21 heavy (non-hydrogen) atoms. The van der Waals surface area contributed by atoms with Crippen molar-refractivity contribution in [3.8, 4) is 0 Å². The maximum atomic E-state index is 12.5. The van der Waals surface area contributed by atoms with Crippen LogP contribution < -0.4 is 10.6 Å². The lowest BCUT2D eigenvalue weighted by Crippen LogP contribution is -2.39. The fourth-order valence-electron chi connectivity index (χ4n) is 4.41. The molecule has 3 unspecified atom stereocenters. The third-order valence-corrected chi connectivity index (χ3v) is 5.75. The number of carbonyl (C=O) groups is 1. The van der Waals surface area contributed by atoms with Gasteiger partial charge in [0.05, 0.1) is 0 Å². The Morgan fingerprint density at radius 2 is 2.29 bits per heavy atom. The smallest absolute Gasteiger partial charge is 0.224 e. The highest BCUT2D eigenvalue weighted by Gasteiger charge is 2.61. The summed E-state index contributed by atoms with van der Waals surface area (Å²) in [6.45, 7) is 3.03. The quantitative estimate of drug-likeness (QED) is 0.891. The lowest BCUT2D eigenvalue weighted by molar-refractivity contribution is -0.123. The van der Waals surface area contributed by atoms with Gasteiger partial charge in [-0.2, -0.15) is 0 Å². The summed E-state index contributed by atoms with van der Waals surface area (Å²) in [5, 5.41) is 6.63. The molecule has 1 saturated heterocycles. The number of hydrogen-bond acceptors (Lipinski definition) is 2. The molecule has 2 aliphatic carbocycles. The number of nitrogens with one attached hydrogen (secondary N) is 2. The van der Waals surface area contributed by atoms with E-state index >= 15 is 0 Å². The Bertz CT molecular complexity index is 550. The first-order valence-electron chi connectivity index (χ1n) is 8.36. The topological polar surface area (TPSA) is 41.1 Å². The number of benzene rings is 1. The summed E-state index contributed by atoms with van der Waals surface area (Å²) >= 11 is 0. The number of carbonyl (C=O) groups excluding carboxylic acids is 1. The van der Waals surface area contributed by atoms with Gasteiger partial charge in [-0.15, -0.1) is 0 Å². The van der Waals surface area contributed by atoms with Crippen LogP contribution in [0, 0.1) is 11.8 Å². The summed E-state index contributed by atoms with van der Waals surface area (Å²) < 4.78 is 0. The Balaban J connectivity index is 1.37. The molecule has 3 aliphatic rings. The highest BCUT2D eigenvalue weighted by molar-refractivity contribution is 5.85. The molecule has 3 nitrogen and oxygen atoms in total. The zero-order valence-corrected chi connectivity index (χ0v) is 12.5. The van der Waals surface area contributed by atoms with Gasteiger partial charge in [-0.25, -0.2) is 0 Å². The van der Waals surface area contributed by atoms with Crippen LogP contribution in [0.3, 0.4) is 0 Å². The van der Waals surface area contributed by atoms with E-state index < -0.39 is 0 Å². The highest BCUT2D eigenvalue weighted by atomic mass is 16.2. The van der Waals surface area contributed by atoms with Gasteiger partial charge < -0.3 is 10.6 Å². The standard InChI is InChI=1S/C18H24N2O/c21-17(20-12-13-4-3-9-19-11-13)16-10-18(16)8-7-14-5-1-2-6-15(14)18/h1-2,5-6,13,16,19H,3-4,7-12H2,(H,20,21).